The minimum absolute atomic E-state index is 0.130. The number of pyridine rings is 1. The summed E-state index contributed by atoms with van der Waals surface area (Å²) in [5.41, 5.74) is 2.64. The molecule has 1 heterocycles. The average molecular weight is 263 g/mol. The highest BCUT2D eigenvalue weighted by molar-refractivity contribution is 5.24. The van der Waals surface area contributed by atoms with Gasteiger partial charge in [-0.25, -0.2) is 0 Å². The SMILES string of the molecule is CCNC(c1cncc(C)c1)C(CC)(CC)N(C)C. The summed E-state index contributed by atoms with van der Waals surface area (Å²) in [6, 6.07) is 2.57. The lowest BCUT2D eigenvalue weighted by molar-refractivity contribution is 0.0887. The molecule has 1 N–H and O–H groups in total. The smallest absolute Gasteiger partial charge is 0.0522 e. The van der Waals surface area contributed by atoms with Crippen molar-refractivity contribution in [2.24, 2.45) is 0 Å². The first kappa shape index (κ1) is 16.1. The van der Waals surface area contributed by atoms with Crippen LogP contribution in [0.5, 0.6) is 0 Å². The van der Waals surface area contributed by atoms with Crippen LogP contribution in [0.2, 0.25) is 0 Å². The number of hydrogen-bond donors (Lipinski definition) is 1. The van der Waals surface area contributed by atoms with Crippen LogP contribution in [0.25, 0.3) is 0 Å². The van der Waals surface area contributed by atoms with Crippen LogP contribution in [-0.2, 0) is 0 Å². The number of hydrogen-bond acceptors (Lipinski definition) is 3. The zero-order valence-corrected chi connectivity index (χ0v) is 13.3. The van der Waals surface area contributed by atoms with E-state index in [4.69, 9.17) is 0 Å². The van der Waals surface area contributed by atoms with Crippen LogP contribution >= 0.6 is 0 Å². The van der Waals surface area contributed by atoms with E-state index in [1.165, 1.54) is 11.1 Å². The van der Waals surface area contributed by atoms with E-state index < -0.39 is 0 Å². The standard InChI is InChI=1S/C16H29N3/c1-7-16(8-2,19(5)6)15(18-9-3)14-10-13(4)11-17-12-14/h10-12,15,18H,7-9H2,1-6H3. The highest BCUT2D eigenvalue weighted by Crippen LogP contribution is 2.35. The lowest BCUT2D eigenvalue weighted by Gasteiger charge is -2.45. The van der Waals surface area contributed by atoms with E-state index in [9.17, 15) is 0 Å². The number of nitrogens with one attached hydrogen (secondary N) is 1. The number of aromatic nitrogens is 1. The van der Waals surface area contributed by atoms with Gasteiger partial charge in [-0.2, -0.15) is 0 Å². The van der Waals surface area contributed by atoms with Gasteiger partial charge in [-0.15, -0.1) is 0 Å². The van der Waals surface area contributed by atoms with Gasteiger partial charge in [0, 0.05) is 17.9 Å². The van der Waals surface area contributed by atoms with Crippen molar-refractivity contribution in [2.45, 2.75) is 52.1 Å². The van der Waals surface area contributed by atoms with Crippen LogP contribution < -0.4 is 5.32 Å². The maximum atomic E-state index is 4.37. The third-order valence-corrected chi connectivity index (χ3v) is 4.29. The highest BCUT2D eigenvalue weighted by atomic mass is 15.2. The monoisotopic (exact) mass is 263 g/mol. The molecule has 3 heteroatoms. The largest absolute Gasteiger partial charge is 0.309 e. The Hall–Kier alpha value is -0.930. The summed E-state index contributed by atoms with van der Waals surface area (Å²) in [4.78, 5) is 6.73. The molecule has 0 saturated carbocycles. The molecule has 1 aromatic rings. The molecular formula is C16H29N3. The van der Waals surface area contributed by atoms with Gasteiger partial charge in [0.1, 0.15) is 0 Å². The fourth-order valence-electron chi connectivity index (χ4n) is 3.11. The van der Waals surface area contributed by atoms with Gasteiger partial charge in [0.15, 0.2) is 0 Å². The molecule has 0 amide bonds. The van der Waals surface area contributed by atoms with Crippen molar-refractivity contribution in [3.05, 3.63) is 29.6 Å². The summed E-state index contributed by atoms with van der Waals surface area (Å²) in [6.45, 7) is 9.79. The van der Waals surface area contributed by atoms with Crippen LogP contribution in [-0.4, -0.2) is 36.1 Å². The number of likely N-dealkylation sites (N-methyl/N-ethyl adjacent to an activating group) is 2. The second-order valence-electron chi connectivity index (χ2n) is 5.49. The maximum Gasteiger partial charge on any atom is 0.0522 e. The Morgan fingerprint density at radius 3 is 2.26 bits per heavy atom. The Morgan fingerprint density at radius 2 is 1.84 bits per heavy atom. The van der Waals surface area contributed by atoms with Gasteiger partial charge in [0.2, 0.25) is 0 Å². The molecule has 1 atom stereocenters. The lowest BCUT2D eigenvalue weighted by Crippen LogP contribution is -2.53. The Labute approximate surface area is 118 Å². The first-order valence-electron chi connectivity index (χ1n) is 7.34. The molecule has 0 fully saturated rings. The van der Waals surface area contributed by atoms with Gasteiger partial charge in [0.05, 0.1) is 6.04 Å². The third kappa shape index (κ3) is 3.34. The Bertz CT molecular complexity index is 383. The molecule has 1 rings (SSSR count). The summed E-state index contributed by atoms with van der Waals surface area (Å²) in [7, 11) is 4.36. The highest BCUT2D eigenvalue weighted by Gasteiger charge is 2.38. The summed E-state index contributed by atoms with van der Waals surface area (Å²) in [6.07, 6.45) is 6.15. The summed E-state index contributed by atoms with van der Waals surface area (Å²) in [5.74, 6) is 0. The van der Waals surface area contributed by atoms with Gasteiger partial charge in [0.25, 0.3) is 0 Å². The number of nitrogens with zero attached hydrogens (tertiary/aromatic N) is 2. The van der Waals surface area contributed by atoms with E-state index in [-0.39, 0.29) is 5.54 Å². The number of aryl methyl sites for hydroxylation is 1. The summed E-state index contributed by atoms with van der Waals surface area (Å²) >= 11 is 0. The Kier molecular flexibility index (Phi) is 5.95. The molecular weight excluding hydrogens is 234 g/mol. The van der Waals surface area contributed by atoms with Crippen molar-refractivity contribution >= 4 is 0 Å². The molecule has 1 aromatic heterocycles. The molecule has 3 nitrogen and oxygen atoms in total. The van der Waals surface area contributed by atoms with Crippen LogP contribution in [0.1, 0.15) is 50.8 Å². The van der Waals surface area contributed by atoms with Crippen LogP contribution in [0.4, 0.5) is 0 Å². The van der Waals surface area contributed by atoms with Crippen molar-refractivity contribution in [3.63, 3.8) is 0 Å². The second-order valence-corrected chi connectivity index (χ2v) is 5.49. The molecule has 0 bridgehead atoms. The molecule has 108 valence electrons. The molecule has 0 aliphatic rings. The van der Waals surface area contributed by atoms with Crippen LogP contribution in [0, 0.1) is 6.92 Å². The summed E-state index contributed by atoms with van der Waals surface area (Å²) in [5, 5.41) is 3.67. The first-order valence-corrected chi connectivity index (χ1v) is 7.34. The Morgan fingerprint density at radius 1 is 1.21 bits per heavy atom. The zero-order valence-electron chi connectivity index (χ0n) is 13.3. The topological polar surface area (TPSA) is 28.2 Å². The fraction of sp³-hybridized carbons (Fsp3) is 0.688. The minimum Gasteiger partial charge on any atom is -0.309 e. The molecule has 0 aromatic carbocycles. The predicted octanol–water partition coefficient (Wildman–Crippen LogP) is 3.16. The molecule has 1 unspecified atom stereocenters. The van der Waals surface area contributed by atoms with Crippen molar-refractivity contribution < 1.29 is 0 Å². The molecule has 0 saturated heterocycles. The molecule has 0 spiro atoms. The second kappa shape index (κ2) is 7.01. The van der Waals surface area contributed by atoms with E-state index in [2.05, 4.69) is 63.1 Å². The van der Waals surface area contributed by atoms with Gasteiger partial charge in [-0.1, -0.05) is 26.8 Å². The van der Waals surface area contributed by atoms with Crippen molar-refractivity contribution in [1.82, 2.24) is 15.2 Å². The normalized spacial score (nSPS) is 13.8. The average Bonchev–Trinajstić information content (AvgIpc) is 2.39. The van der Waals surface area contributed by atoms with Crippen LogP contribution in [0.3, 0.4) is 0 Å². The quantitative estimate of drug-likeness (QED) is 0.819. The maximum absolute atomic E-state index is 4.37. The van der Waals surface area contributed by atoms with E-state index in [1.807, 2.05) is 12.4 Å². The van der Waals surface area contributed by atoms with E-state index in [0.717, 1.165) is 19.4 Å². The van der Waals surface area contributed by atoms with Crippen molar-refractivity contribution in [2.75, 3.05) is 20.6 Å². The van der Waals surface area contributed by atoms with E-state index in [1.54, 1.807) is 0 Å². The molecule has 19 heavy (non-hydrogen) atoms. The van der Waals surface area contributed by atoms with E-state index in [0.29, 0.717) is 6.04 Å². The first-order chi connectivity index (χ1) is 9.01. The Balaban J connectivity index is 3.24. The summed E-state index contributed by atoms with van der Waals surface area (Å²) < 4.78 is 0. The fourth-order valence-corrected chi connectivity index (χ4v) is 3.11. The van der Waals surface area contributed by atoms with E-state index >= 15 is 0 Å². The van der Waals surface area contributed by atoms with Crippen molar-refractivity contribution in [3.8, 4) is 0 Å². The lowest BCUT2D eigenvalue weighted by atomic mass is 9.79. The predicted molar refractivity (Wildman–Crippen MR) is 82.4 cm³/mol. The van der Waals surface area contributed by atoms with Gasteiger partial charge in [-0.05, 0) is 51.5 Å². The van der Waals surface area contributed by atoms with Crippen molar-refractivity contribution in [1.29, 1.82) is 0 Å². The van der Waals surface area contributed by atoms with Gasteiger partial charge < -0.3 is 10.2 Å². The molecule has 0 aliphatic heterocycles. The minimum atomic E-state index is 0.130. The molecule has 0 radical (unpaired) electrons. The van der Waals surface area contributed by atoms with Crippen LogP contribution in [0.15, 0.2) is 18.5 Å². The third-order valence-electron chi connectivity index (χ3n) is 4.29. The number of rotatable bonds is 7. The zero-order chi connectivity index (χ0) is 14.5. The van der Waals surface area contributed by atoms with Gasteiger partial charge >= 0.3 is 0 Å². The van der Waals surface area contributed by atoms with Gasteiger partial charge in [-0.3, -0.25) is 4.98 Å². The molecule has 0 aliphatic carbocycles.